The van der Waals surface area contributed by atoms with Gasteiger partial charge in [-0.15, -0.1) is 11.3 Å². The summed E-state index contributed by atoms with van der Waals surface area (Å²) in [5.74, 6) is 1.03. The smallest absolute Gasteiger partial charge is 0.138 e. The van der Waals surface area contributed by atoms with Gasteiger partial charge >= 0.3 is 0 Å². The summed E-state index contributed by atoms with van der Waals surface area (Å²) in [6.45, 7) is 9.83. The maximum atomic E-state index is 4.54. The van der Waals surface area contributed by atoms with E-state index in [1.54, 1.807) is 6.33 Å². The molecule has 0 fully saturated rings. The van der Waals surface area contributed by atoms with E-state index < -0.39 is 0 Å². The van der Waals surface area contributed by atoms with Crippen molar-refractivity contribution in [3.05, 3.63) is 16.8 Å². The van der Waals surface area contributed by atoms with Crippen LogP contribution in [-0.4, -0.2) is 40.5 Å². The summed E-state index contributed by atoms with van der Waals surface area (Å²) in [5, 5.41) is 4.87. The molecule has 22 heavy (non-hydrogen) atoms. The van der Waals surface area contributed by atoms with Crippen molar-refractivity contribution in [1.29, 1.82) is 0 Å². The normalized spacial score (nSPS) is 16.0. The van der Waals surface area contributed by atoms with Crippen LogP contribution in [0.15, 0.2) is 6.33 Å². The van der Waals surface area contributed by atoms with Gasteiger partial charge in [-0.25, -0.2) is 9.97 Å². The van der Waals surface area contributed by atoms with Gasteiger partial charge in [0.25, 0.3) is 0 Å². The number of aromatic nitrogens is 2. The third kappa shape index (κ3) is 2.97. The van der Waals surface area contributed by atoms with E-state index in [1.165, 1.54) is 41.5 Å². The number of likely N-dealkylation sites (N-methyl/N-ethyl adjacent to an activating group) is 1. The molecule has 0 aliphatic heterocycles. The Morgan fingerprint density at radius 2 is 2.00 bits per heavy atom. The average molecular weight is 318 g/mol. The molecule has 0 spiro atoms. The molecule has 1 unspecified atom stereocenters. The van der Waals surface area contributed by atoms with Crippen LogP contribution in [0.2, 0.25) is 0 Å². The zero-order valence-electron chi connectivity index (χ0n) is 13.9. The third-order valence-electron chi connectivity index (χ3n) is 4.75. The molecule has 0 radical (unpaired) electrons. The van der Waals surface area contributed by atoms with Gasteiger partial charge in [0.15, 0.2) is 0 Å². The maximum Gasteiger partial charge on any atom is 0.138 e. The van der Waals surface area contributed by atoms with Gasteiger partial charge in [-0.05, 0) is 51.3 Å². The number of aryl methyl sites for hydroxylation is 2. The van der Waals surface area contributed by atoms with Crippen LogP contribution >= 0.6 is 11.3 Å². The number of nitrogens with zero attached hydrogens (tertiary/aromatic N) is 3. The number of hydrogen-bond acceptors (Lipinski definition) is 5. The summed E-state index contributed by atoms with van der Waals surface area (Å²) >= 11 is 1.86. The summed E-state index contributed by atoms with van der Waals surface area (Å²) in [6, 6.07) is 0.509. The molecule has 1 N–H and O–H groups in total. The molecule has 1 aliphatic carbocycles. The number of nitrogens with one attached hydrogen (secondary N) is 1. The molecule has 1 aliphatic rings. The summed E-state index contributed by atoms with van der Waals surface area (Å²) in [4.78, 5) is 14.2. The second-order valence-corrected chi connectivity index (χ2v) is 7.15. The molecule has 5 heteroatoms. The van der Waals surface area contributed by atoms with Gasteiger partial charge in [0, 0.05) is 17.5 Å². The second-order valence-electron chi connectivity index (χ2n) is 6.06. The minimum Gasteiger partial charge on any atom is -0.368 e. The van der Waals surface area contributed by atoms with E-state index >= 15 is 0 Å². The lowest BCUT2D eigenvalue weighted by molar-refractivity contribution is 0.240. The molecule has 0 saturated heterocycles. The van der Waals surface area contributed by atoms with E-state index in [2.05, 4.69) is 41.0 Å². The first kappa shape index (κ1) is 15.7. The molecule has 3 rings (SSSR count). The fourth-order valence-corrected chi connectivity index (χ4v) is 4.67. The van der Waals surface area contributed by atoms with Gasteiger partial charge < -0.3 is 5.32 Å². The Balaban J connectivity index is 1.83. The second kappa shape index (κ2) is 6.92. The quantitative estimate of drug-likeness (QED) is 0.881. The van der Waals surface area contributed by atoms with Gasteiger partial charge in [0.1, 0.15) is 17.0 Å². The third-order valence-corrected chi connectivity index (χ3v) is 5.95. The van der Waals surface area contributed by atoms with Crippen molar-refractivity contribution in [2.75, 3.05) is 25.0 Å². The van der Waals surface area contributed by atoms with Crippen LogP contribution in [-0.2, 0) is 12.8 Å². The first-order chi connectivity index (χ1) is 10.7. The van der Waals surface area contributed by atoms with Gasteiger partial charge in [0.2, 0.25) is 0 Å². The number of thiophene rings is 1. The Labute approximate surface area is 137 Å². The monoisotopic (exact) mass is 318 g/mol. The molecule has 0 aromatic carbocycles. The van der Waals surface area contributed by atoms with Crippen molar-refractivity contribution in [2.24, 2.45) is 0 Å². The van der Waals surface area contributed by atoms with E-state index in [9.17, 15) is 0 Å². The SMILES string of the molecule is CCN(CC)C(C)CNc1ncnc2sc3c(c12)CCCC3. The van der Waals surface area contributed by atoms with Crippen LogP contribution in [0.25, 0.3) is 10.2 Å². The van der Waals surface area contributed by atoms with Gasteiger partial charge in [-0.2, -0.15) is 0 Å². The molecule has 0 saturated carbocycles. The van der Waals surface area contributed by atoms with Crippen LogP contribution in [0.1, 0.15) is 44.1 Å². The van der Waals surface area contributed by atoms with Crippen LogP contribution in [0.4, 0.5) is 5.82 Å². The molecule has 0 bridgehead atoms. The van der Waals surface area contributed by atoms with Gasteiger partial charge in [0.05, 0.1) is 5.39 Å². The zero-order valence-corrected chi connectivity index (χ0v) is 14.7. The number of anilines is 1. The Hall–Kier alpha value is -1.20. The number of hydrogen-bond donors (Lipinski definition) is 1. The lowest BCUT2D eigenvalue weighted by atomic mass is 9.97. The van der Waals surface area contributed by atoms with E-state index in [4.69, 9.17) is 0 Å². The van der Waals surface area contributed by atoms with E-state index in [-0.39, 0.29) is 0 Å². The highest BCUT2D eigenvalue weighted by molar-refractivity contribution is 7.19. The summed E-state index contributed by atoms with van der Waals surface area (Å²) in [6.07, 6.45) is 6.71. The van der Waals surface area contributed by atoms with Gasteiger partial charge in [-0.3, -0.25) is 4.90 Å². The summed E-state index contributed by atoms with van der Waals surface area (Å²) in [5.41, 5.74) is 1.50. The minimum absolute atomic E-state index is 0.509. The average Bonchev–Trinajstić information content (AvgIpc) is 2.93. The molecule has 4 nitrogen and oxygen atoms in total. The lowest BCUT2D eigenvalue weighted by Gasteiger charge is -2.26. The highest BCUT2D eigenvalue weighted by atomic mass is 32.1. The predicted molar refractivity (Wildman–Crippen MR) is 94.9 cm³/mol. The van der Waals surface area contributed by atoms with Crippen molar-refractivity contribution >= 4 is 27.4 Å². The van der Waals surface area contributed by atoms with Crippen LogP contribution in [0.3, 0.4) is 0 Å². The largest absolute Gasteiger partial charge is 0.368 e. The van der Waals surface area contributed by atoms with Crippen LogP contribution in [0.5, 0.6) is 0 Å². The fourth-order valence-electron chi connectivity index (χ4n) is 3.44. The fraction of sp³-hybridized carbons (Fsp3) is 0.647. The summed E-state index contributed by atoms with van der Waals surface area (Å²) < 4.78 is 0. The minimum atomic E-state index is 0.509. The Bertz CT molecular complexity index is 633. The molecule has 2 aromatic heterocycles. The molecule has 1 atom stereocenters. The van der Waals surface area contributed by atoms with E-state index in [0.29, 0.717) is 6.04 Å². The van der Waals surface area contributed by atoms with E-state index in [0.717, 1.165) is 30.3 Å². The Kier molecular flexibility index (Phi) is 4.93. The Morgan fingerprint density at radius 3 is 2.77 bits per heavy atom. The van der Waals surface area contributed by atoms with Crippen molar-refractivity contribution in [3.8, 4) is 0 Å². The zero-order chi connectivity index (χ0) is 15.5. The maximum absolute atomic E-state index is 4.54. The predicted octanol–water partition coefficient (Wildman–Crippen LogP) is 3.71. The van der Waals surface area contributed by atoms with Crippen molar-refractivity contribution in [1.82, 2.24) is 14.9 Å². The molecule has 120 valence electrons. The molecule has 0 amide bonds. The highest BCUT2D eigenvalue weighted by Crippen LogP contribution is 2.38. The Morgan fingerprint density at radius 1 is 1.23 bits per heavy atom. The van der Waals surface area contributed by atoms with E-state index in [1.807, 2.05) is 11.3 Å². The number of fused-ring (bicyclic) bond motifs is 3. The summed E-state index contributed by atoms with van der Waals surface area (Å²) in [7, 11) is 0. The molecular weight excluding hydrogens is 292 g/mol. The van der Waals surface area contributed by atoms with Crippen molar-refractivity contribution < 1.29 is 0 Å². The molecule has 2 aromatic rings. The standard InChI is InChI=1S/C17H26N4S/c1-4-21(5-2)12(3)10-18-16-15-13-8-6-7-9-14(13)22-17(15)20-11-19-16/h11-12H,4-10H2,1-3H3,(H,18,19,20). The van der Waals surface area contributed by atoms with Crippen molar-refractivity contribution in [2.45, 2.75) is 52.5 Å². The topological polar surface area (TPSA) is 41.0 Å². The molecular formula is C17H26N4S. The molecule has 2 heterocycles. The first-order valence-corrected chi connectivity index (χ1v) is 9.29. The highest BCUT2D eigenvalue weighted by Gasteiger charge is 2.20. The van der Waals surface area contributed by atoms with Crippen LogP contribution in [0, 0.1) is 0 Å². The number of rotatable bonds is 6. The lowest BCUT2D eigenvalue weighted by Crippen LogP contribution is -2.37. The van der Waals surface area contributed by atoms with Gasteiger partial charge in [-0.1, -0.05) is 13.8 Å². The van der Waals surface area contributed by atoms with Crippen LogP contribution < -0.4 is 5.32 Å². The first-order valence-electron chi connectivity index (χ1n) is 8.47. The van der Waals surface area contributed by atoms with Crippen molar-refractivity contribution in [3.63, 3.8) is 0 Å².